The number of aryl methyl sites for hydroxylation is 4. The van der Waals surface area contributed by atoms with Gasteiger partial charge in [0.1, 0.15) is 0 Å². The molecule has 1 aliphatic rings. The fourth-order valence-electron chi connectivity index (χ4n) is 3.76. The van der Waals surface area contributed by atoms with Crippen LogP contribution in [0.4, 0.5) is 0 Å². The Bertz CT molecular complexity index is 915. The molecule has 2 aromatic rings. The molecule has 0 unspecified atom stereocenters. The summed E-state index contributed by atoms with van der Waals surface area (Å²) in [6, 6.07) is 5.85. The van der Waals surface area contributed by atoms with Crippen LogP contribution in [0.25, 0.3) is 11.1 Å². The van der Waals surface area contributed by atoms with Crippen molar-refractivity contribution < 1.29 is 14.7 Å². The summed E-state index contributed by atoms with van der Waals surface area (Å²) in [5.41, 5.74) is 4.77. The van der Waals surface area contributed by atoms with E-state index in [1.54, 1.807) is 18.7 Å². The van der Waals surface area contributed by atoms with Crippen molar-refractivity contribution in [3.05, 3.63) is 51.8 Å². The fourth-order valence-corrected chi connectivity index (χ4v) is 3.76. The Morgan fingerprint density at radius 3 is 2.26 bits per heavy atom. The Balaban J connectivity index is 2.30. The molecule has 27 heavy (non-hydrogen) atoms. The number of nitrogens with one attached hydrogen (secondary N) is 1. The van der Waals surface area contributed by atoms with Crippen molar-refractivity contribution in [1.29, 1.82) is 0 Å². The predicted molar refractivity (Wildman–Crippen MR) is 104 cm³/mol. The summed E-state index contributed by atoms with van der Waals surface area (Å²) >= 11 is 0. The van der Waals surface area contributed by atoms with Crippen LogP contribution in [0.3, 0.4) is 0 Å². The van der Waals surface area contributed by atoms with Gasteiger partial charge in [-0.2, -0.15) is 0 Å². The lowest BCUT2D eigenvalue weighted by molar-refractivity contribution is 0.0696. The molecule has 0 saturated carbocycles. The van der Waals surface area contributed by atoms with Crippen molar-refractivity contribution in [2.24, 2.45) is 0 Å². The number of carbonyl (C=O) groups is 2. The van der Waals surface area contributed by atoms with Crippen LogP contribution >= 0.6 is 0 Å². The van der Waals surface area contributed by atoms with Crippen LogP contribution in [0.5, 0.6) is 0 Å². The normalized spacial score (nSPS) is 14.3. The zero-order valence-corrected chi connectivity index (χ0v) is 16.2. The first-order valence-electron chi connectivity index (χ1n) is 9.13. The number of aromatic carboxylic acids is 1. The molecule has 2 N–H and O–H groups in total. The number of aromatic nitrogens is 1. The molecule has 2 heterocycles. The van der Waals surface area contributed by atoms with Gasteiger partial charge in [0, 0.05) is 31.7 Å². The van der Waals surface area contributed by atoms with Gasteiger partial charge >= 0.3 is 5.97 Å². The van der Waals surface area contributed by atoms with Crippen LogP contribution in [-0.2, 0) is 0 Å². The second-order valence-corrected chi connectivity index (χ2v) is 7.07. The largest absolute Gasteiger partial charge is 0.478 e. The molecule has 0 spiro atoms. The van der Waals surface area contributed by atoms with Gasteiger partial charge in [-0.05, 0) is 38.8 Å². The SMILES string of the molecule is Cc1ccc(-c2c(C(=O)O)c(C)nc(C)c2C(=O)N2CCNCC2)c(C)c1. The van der Waals surface area contributed by atoms with E-state index < -0.39 is 5.97 Å². The summed E-state index contributed by atoms with van der Waals surface area (Å²) < 4.78 is 0. The lowest BCUT2D eigenvalue weighted by Crippen LogP contribution is -2.46. The second kappa shape index (κ2) is 7.48. The Kier molecular flexibility index (Phi) is 5.28. The molecule has 6 nitrogen and oxygen atoms in total. The molecule has 0 atom stereocenters. The summed E-state index contributed by atoms with van der Waals surface area (Å²) in [4.78, 5) is 31.6. The first-order chi connectivity index (χ1) is 12.8. The van der Waals surface area contributed by atoms with Crippen LogP contribution in [0, 0.1) is 27.7 Å². The van der Waals surface area contributed by atoms with E-state index in [2.05, 4.69) is 10.3 Å². The zero-order valence-electron chi connectivity index (χ0n) is 16.2. The molecule has 1 aromatic heterocycles. The number of rotatable bonds is 3. The molecule has 142 valence electrons. The van der Waals surface area contributed by atoms with Crippen LogP contribution in [-0.4, -0.2) is 53.0 Å². The third kappa shape index (κ3) is 3.57. The number of benzene rings is 1. The van der Waals surface area contributed by atoms with Gasteiger partial charge in [-0.25, -0.2) is 4.79 Å². The summed E-state index contributed by atoms with van der Waals surface area (Å²) in [7, 11) is 0. The lowest BCUT2D eigenvalue weighted by Gasteiger charge is -2.29. The second-order valence-electron chi connectivity index (χ2n) is 7.07. The molecule has 1 saturated heterocycles. The summed E-state index contributed by atoms with van der Waals surface area (Å²) in [6.07, 6.45) is 0. The fraction of sp³-hybridized carbons (Fsp3) is 0.381. The van der Waals surface area contributed by atoms with Crippen LogP contribution in [0.2, 0.25) is 0 Å². The van der Waals surface area contributed by atoms with Gasteiger partial charge in [0.05, 0.1) is 22.5 Å². The minimum absolute atomic E-state index is 0.103. The van der Waals surface area contributed by atoms with E-state index in [1.807, 2.05) is 32.0 Å². The third-order valence-electron chi connectivity index (χ3n) is 5.04. The quantitative estimate of drug-likeness (QED) is 0.872. The average molecular weight is 367 g/mol. The molecule has 3 rings (SSSR count). The zero-order chi connectivity index (χ0) is 19.7. The maximum absolute atomic E-state index is 13.3. The van der Waals surface area contributed by atoms with Crippen molar-refractivity contribution >= 4 is 11.9 Å². The van der Waals surface area contributed by atoms with Gasteiger partial charge in [0.15, 0.2) is 0 Å². The molecule has 1 aromatic carbocycles. The number of piperazine rings is 1. The first kappa shape index (κ1) is 19.0. The monoisotopic (exact) mass is 367 g/mol. The number of hydrogen-bond donors (Lipinski definition) is 2. The first-order valence-corrected chi connectivity index (χ1v) is 9.13. The number of carbonyl (C=O) groups excluding carboxylic acids is 1. The number of hydrogen-bond acceptors (Lipinski definition) is 4. The highest BCUT2D eigenvalue weighted by Gasteiger charge is 2.29. The highest BCUT2D eigenvalue weighted by atomic mass is 16.4. The maximum Gasteiger partial charge on any atom is 0.338 e. The molecule has 6 heteroatoms. The van der Waals surface area contributed by atoms with Gasteiger partial charge in [-0.1, -0.05) is 23.8 Å². The van der Waals surface area contributed by atoms with E-state index in [1.165, 1.54) is 0 Å². The maximum atomic E-state index is 13.3. The smallest absolute Gasteiger partial charge is 0.338 e. The van der Waals surface area contributed by atoms with Gasteiger partial charge in [-0.15, -0.1) is 0 Å². The van der Waals surface area contributed by atoms with Crippen LogP contribution < -0.4 is 5.32 Å². The van der Waals surface area contributed by atoms with Gasteiger partial charge in [0.2, 0.25) is 0 Å². The summed E-state index contributed by atoms with van der Waals surface area (Å²) in [5, 5.41) is 13.1. The Labute approximate surface area is 159 Å². The number of pyridine rings is 1. The van der Waals surface area contributed by atoms with Crippen LogP contribution in [0.1, 0.15) is 43.2 Å². The Hall–Kier alpha value is -2.73. The average Bonchev–Trinajstić information content (AvgIpc) is 2.61. The lowest BCUT2D eigenvalue weighted by atomic mass is 9.89. The number of carboxylic acid groups (broad SMARTS) is 1. The predicted octanol–water partition coefficient (Wildman–Crippen LogP) is 2.73. The van der Waals surface area contributed by atoms with Crippen molar-refractivity contribution in [2.45, 2.75) is 27.7 Å². The van der Waals surface area contributed by atoms with Crippen molar-refractivity contribution in [2.75, 3.05) is 26.2 Å². The van der Waals surface area contributed by atoms with Gasteiger partial charge < -0.3 is 15.3 Å². The van der Waals surface area contributed by atoms with E-state index >= 15 is 0 Å². The van der Waals surface area contributed by atoms with Gasteiger partial charge in [-0.3, -0.25) is 9.78 Å². The van der Waals surface area contributed by atoms with E-state index in [4.69, 9.17) is 0 Å². The topological polar surface area (TPSA) is 82.5 Å². The molecule has 0 radical (unpaired) electrons. The molecular weight excluding hydrogens is 342 g/mol. The molecule has 0 aliphatic carbocycles. The number of amides is 1. The van der Waals surface area contributed by atoms with Crippen molar-refractivity contribution in [1.82, 2.24) is 15.2 Å². The number of carboxylic acids is 1. The van der Waals surface area contributed by atoms with E-state index in [-0.39, 0.29) is 11.5 Å². The minimum Gasteiger partial charge on any atom is -0.478 e. The van der Waals surface area contributed by atoms with E-state index in [0.717, 1.165) is 29.8 Å². The molecule has 0 bridgehead atoms. The van der Waals surface area contributed by atoms with E-state index in [0.29, 0.717) is 35.6 Å². The number of nitrogens with zero attached hydrogens (tertiary/aromatic N) is 2. The summed E-state index contributed by atoms with van der Waals surface area (Å²) in [6.45, 7) is 10.1. The molecule has 1 amide bonds. The Morgan fingerprint density at radius 2 is 1.67 bits per heavy atom. The third-order valence-corrected chi connectivity index (χ3v) is 5.04. The van der Waals surface area contributed by atoms with Gasteiger partial charge in [0.25, 0.3) is 5.91 Å². The van der Waals surface area contributed by atoms with Crippen LogP contribution in [0.15, 0.2) is 18.2 Å². The molecular formula is C21H25N3O3. The summed E-state index contributed by atoms with van der Waals surface area (Å²) in [5.74, 6) is -1.22. The Morgan fingerprint density at radius 1 is 1.04 bits per heavy atom. The molecule has 1 aliphatic heterocycles. The highest BCUT2D eigenvalue weighted by Crippen LogP contribution is 2.34. The van der Waals surface area contributed by atoms with Crippen molar-refractivity contribution in [3.63, 3.8) is 0 Å². The highest BCUT2D eigenvalue weighted by molar-refractivity contribution is 6.08. The van der Waals surface area contributed by atoms with E-state index in [9.17, 15) is 14.7 Å². The molecule has 1 fully saturated rings. The minimum atomic E-state index is -1.07. The van der Waals surface area contributed by atoms with Crippen molar-refractivity contribution in [3.8, 4) is 11.1 Å². The standard InChI is InChI=1S/C21H25N3O3/c1-12-5-6-16(13(2)11-12)19-17(20(25)24-9-7-22-8-10-24)14(3)23-15(4)18(19)21(26)27/h5-6,11,22H,7-10H2,1-4H3,(H,26,27).